The number of anilines is 1. The van der Waals surface area contributed by atoms with Crippen molar-refractivity contribution in [1.82, 2.24) is 20.3 Å². The van der Waals surface area contributed by atoms with Crippen molar-refractivity contribution in [2.75, 3.05) is 18.0 Å². The maximum Gasteiger partial charge on any atom is 0.263 e. The molecular weight excluding hydrogens is 310 g/mol. The fourth-order valence-electron chi connectivity index (χ4n) is 2.71. The number of thiazole rings is 1. The van der Waals surface area contributed by atoms with Gasteiger partial charge >= 0.3 is 0 Å². The molecule has 1 amide bonds. The molecule has 23 heavy (non-hydrogen) atoms. The van der Waals surface area contributed by atoms with Gasteiger partial charge in [-0.1, -0.05) is 0 Å². The highest BCUT2D eigenvalue weighted by atomic mass is 32.1. The van der Waals surface area contributed by atoms with Gasteiger partial charge in [-0.05, 0) is 39.2 Å². The lowest BCUT2D eigenvalue weighted by Crippen LogP contribution is -2.31. The highest BCUT2D eigenvalue weighted by Gasteiger charge is 2.16. The molecule has 7 heteroatoms. The molecule has 3 heterocycles. The van der Waals surface area contributed by atoms with Crippen LogP contribution >= 0.6 is 11.3 Å². The van der Waals surface area contributed by atoms with Gasteiger partial charge in [0.2, 0.25) is 5.95 Å². The lowest BCUT2D eigenvalue weighted by Gasteiger charge is -2.27. The summed E-state index contributed by atoms with van der Waals surface area (Å²) < 4.78 is 0. The Bertz CT molecular complexity index is 694. The zero-order chi connectivity index (χ0) is 16.2. The predicted molar refractivity (Wildman–Crippen MR) is 90.9 cm³/mol. The average Bonchev–Trinajstić information content (AvgIpc) is 2.99. The number of amides is 1. The van der Waals surface area contributed by atoms with Gasteiger partial charge in [0.15, 0.2) is 0 Å². The van der Waals surface area contributed by atoms with Gasteiger partial charge in [0, 0.05) is 18.8 Å². The standard InChI is InChI=1S/C16H21N5OS/c1-11-8-13(9-17-15(22)14-12(2)18-10-23-14)20-16(19-11)21-6-4-3-5-7-21/h8,10H,3-7,9H2,1-2H3,(H,17,22). The minimum Gasteiger partial charge on any atom is -0.346 e. The van der Waals surface area contributed by atoms with Crippen LogP contribution < -0.4 is 10.2 Å². The molecule has 1 aliphatic rings. The molecule has 1 saturated heterocycles. The number of rotatable bonds is 4. The molecule has 1 N–H and O–H groups in total. The van der Waals surface area contributed by atoms with Gasteiger partial charge in [-0.15, -0.1) is 11.3 Å². The lowest BCUT2D eigenvalue weighted by atomic mass is 10.1. The van der Waals surface area contributed by atoms with E-state index in [0.29, 0.717) is 11.4 Å². The van der Waals surface area contributed by atoms with Gasteiger partial charge in [0.1, 0.15) is 4.88 Å². The molecule has 3 rings (SSSR count). The van der Waals surface area contributed by atoms with Crippen LogP contribution in [0.5, 0.6) is 0 Å². The Morgan fingerprint density at radius 2 is 2.04 bits per heavy atom. The molecule has 0 unspecified atom stereocenters. The second-order valence-corrected chi connectivity index (χ2v) is 6.65. The summed E-state index contributed by atoms with van der Waals surface area (Å²) in [6.07, 6.45) is 3.65. The van der Waals surface area contributed by atoms with E-state index in [-0.39, 0.29) is 5.91 Å². The molecule has 0 aromatic carbocycles. The average molecular weight is 331 g/mol. The SMILES string of the molecule is Cc1cc(CNC(=O)c2scnc2C)nc(N2CCCCC2)n1. The van der Waals surface area contributed by atoms with E-state index in [1.54, 1.807) is 5.51 Å². The van der Waals surface area contributed by atoms with Gasteiger partial charge in [-0.3, -0.25) is 4.79 Å². The molecule has 1 aliphatic heterocycles. The van der Waals surface area contributed by atoms with Gasteiger partial charge in [0.25, 0.3) is 5.91 Å². The van der Waals surface area contributed by atoms with Crippen molar-refractivity contribution in [2.24, 2.45) is 0 Å². The number of aromatic nitrogens is 3. The third-order valence-corrected chi connectivity index (χ3v) is 4.84. The lowest BCUT2D eigenvalue weighted by molar-refractivity contribution is 0.0953. The number of nitrogens with zero attached hydrogens (tertiary/aromatic N) is 4. The first kappa shape index (κ1) is 15.9. The monoisotopic (exact) mass is 331 g/mol. The van der Waals surface area contributed by atoms with E-state index >= 15 is 0 Å². The minimum atomic E-state index is -0.0965. The van der Waals surface area contributed by atoms with Crippen LogP contribution in [0.4, 0.5) is 5.95 Å². The van der Waals surface area contributed by atoms with Crippen LogP contribution in [0, 0.1) is 13.8 Å². The molecule has 0 bridgehead atoms. The number of nitrogens with one attached hydrogen (secondary N) is 1. The predicted octanol–water partition coefficient (Wildman–Crippen LogP) is 2.47. The van der Waals surface area contributed by atoms with Crippen LogP contribution in [0.1, 0.15) is 46.0 Å². The Balaban J connectivity index is 1.69. The maximum absolute atomic E-state index is 12.2. The third-order valence-electron chi connectivity index (χ3n) is 3.92. The molecule has 2 aromatic heterocycles. The second-order valence-electron chi connectivity index (χ2n) is 5.80. The third kappa shape index (κ3) is 3.85. The van der Waals surface area contributed by atoms with E-state index in [0.717, 1.165) is 36.1 Å². The zero-order valence-electron chi connectivity index (χ0n) is 13.5. The summed E-state index contributed by atoms with van der Waals surface area (Å²) in [5, 5.41) is 2.92. The van der Waals surface area contributed by atoms with Crippen molar-refractivity contribution in [3.8, 4) is 0 Å². The van der Waals surface area contributed by atoms with E-state index in [4.69, 9.17) is 0 Å². The Labute approximate surface area is 140 Å². The summed E-state index contributed by atoms with van der Waals surface area (Å²) in [6, 6.07) is 1.92. The summed E-state index contributed by atoms with van der Waals surface area (Å²) in [5.74, 6) is 0.684. The topological polar surface area (TPSA) is 71.0 Å². The van der Waals surface area contributed by atoms with Crippen LogP contribution in [0.2, 0.25) is 0 Å². The Morgan fingerprint density at radius 3 is 2.74 bits per heavy atom. The summed E-state index contributed by atoms with van der Waals surface area (Å²) in [5.41, 5.74) is 4.22. The van der Waals surface area contributed by atoms with Crippen molar-refractivity contribution in [3.05, 3.63) is 33.5 Å². The van der Waals surface area contributed by atoms with Crippen LogP contribution in [-0.4, -0.2) is 33.9 Å². The van der Waals surface area contributed by atoms with Gasteiger partial charge in [-0.25, -0.2) is 15.0 Å². The first-order valence-corrected chi connectivity index (χ1v) is 8.79. The first-order chi connectivity index (χ1) is 11.1. The Hall–Kier alpha value is -2.02. The molecule has 1 fully saturated rings. The van der Waals surface area contributed by atoms with Crippen molar-refractivity contribution in [1.29, 1.82) is 0 Å². The van der Waals surface area contributed by atoms with E-state index in [9.17, 15) is 4.79 Å². The van der Waals surface area contributed by atoms with Crippen molar-refractivity contribution < 1.29 is 4.79 Å². The fourth-order valence-corrected chi connectivity index (χ4v) is 3.43. The molecule has 2 aromatic rings. The highest BCUT2D eigenvalue weighted by Crippen LogP contribution is 2.17. The van der Waals surface area contributed by atoms with Crippen LogP contribution in [0.25, 0.3) is 0 Å². The number of piperidine rings is 1. The largest absolute Gasteiger partial charge is 0.346 e. The molecule has 6 nitrogen and oxygen atoms in total. The molecule has 0 aliphatic carbocycles. The van der Waals surface area contributed by atoms with Crippen molar-refractivity contribution >= 4 is 23.2 Å². The summed E-state index contributed by atoms with van der Waals surface area (Å²) >= 11 is 1.36. The van der Waals surface area contributed by atoms with E-state index in [2.05, 4.69) is 25.2 Å². The maximum atomic E-state index is 12.2. The molecular formula is C16H21N5OS. The van der Waals surface area contributed by atoms with Crippen LogP contribution in [0.3, 0.4) is 0 Å². The number of hydrogen-bond donors (Lipinski definition) is 1. The molecule has 0 saturated carbocycles. The zero-order valence-corrected chi connectivity index (χ0v) is 14.3. The number of hydrogen-bond acceptors (Lipinski definition) is 6. The van der Waals surface area contributed by atoms with Crippen molar-refractivity contribution in [3.63, 3.8) is 0 Å². The first-order valence-electron chi connectivity index (χ1n) is 7.91. The van der Waals surface area contributed by atoms with Crippen LogP contribution in [-0.2, 0) is 6.54 Å². The normalized spacial score (nSPS) is 14.8. The molecule has 122 valence electrons. The quantitative estimate of drug-likeness (QED) is 0.932. The van der Waals surface area contributed by atoms with E-state index in [1.807, 2.05) is 19.9 Å². The van der Waals surface area contributed by atoms with Crippen LogP contribution in [0.15, 0.2) is 11.6 Å². The Morgan fingerprint density at radius 1 is 1.26 bits per heavy atom. The minimum absolute atomic E-state index is 0.0965. The van der Waals surface area contributed by atoms with E-state index < -0.39 is 0 Å². The van der Waals surface area contributed by atoms with Gasteiger partial charge < -0.3 is 10.2 Å². The molecule has 0 atom stereocenters. The molecule has 0 spiro atoms. The highest BCUT2D eigenvalue weighted by molar-refractivity contribution is 7.11. The van der Waals surface area contributed by atoms with E-state index in [1.165, 1.54) is 30.6 Å². The second kappa shape index (κ2) is 7.04. The summed E-state index contributed by atoms with van der Waals surface area (Å²) in [6.45, 7) is 6.23. The van der Waals surface area contributed by atoms with Crippen molar-refractivity contribution in [2.45, 2.75) is 39.7 Å². The number of aryl methyl sites for hydroxylation is 2. The summed E-state index contributed by atoms with van der Waals surface area (Å²) in [7, 11) is 0. The van der Waals surface area contributed by atoms with Gasteiger partial charge in [0.05, 0.1) is 23.4 Å². The number of carbonyl (C=O) groups excluding carboxylic acids is 1. The van der Waals surface area contributed by atoms with Gasteiger partial charge in [-0.2, -0.15) is 0 Å². The molecule has 0 radical (unpaired) electrons. The fraction of sp³-hybridized carbons (Fsp3) is 0.500. The summed E-state index contributed by atoms with van der Waals surface area (Å²) in [4.78, 5) is 28.3. The Kier molecular flexibility index (Phi) is 4.85. The number of carbonyl (C=O) groups is 1. The smallest absolute Gasteiger partial charge is 0.263 e.